The second-order valence-corrected chi connectivity index (χ2v) is 2.22. The van der Waals surface area contributed by atoms with Crippen molar-refractivity contribution in [2.75, 3.05) is 0 Å². The fourth-order valence-corrected chi connectivity index (χ4v) is 0.968. The maximum absolute atomic E-state index is 4.89. The van der Waals surface area contributed by atoms with Crippen LogP contribution in [0.5, 0.6) is 0 Å². The van der Waals surface area contributed by atoms with Gasteiger partial charge >= 0.3 is 0 Å². The van der Waals surface area contributed by atoms with Crippen LogP contribution >= 0.6 is 0 Å². The molecule has 0 amide bonds. The summed E-state index contributed by atoms with van der Waals surface area (Å²) >= 11 is 0. The van der Waals surface area contributed by atoms with E-state index in [1.807, 2.05) is 24.3 Å². The first kappa shape index (κ1) is 6.16. The second kappa shape index (κ2) is 2.58. The molecule has 2 heteroatoms. The Morgan fingerprint density at radius 3 is 2.55 bits per heavy atom. The number of nitrogens with zero attached hydrogens (tertiary/aromatic N) is 1. The van der Waals surface area contributed by atoms with Crippen LogP contribution in [0.25, 0.3) is 0 Å². The van der Waals surface area contributed by atoms with E-state index in [0.717, 1.165) is 11.3 Å². The highest BCUT2D eigenvalue weighted by Crippen LogP contribution is 2.16. The summed E-state index contributed by atoms with van der Waals surface area (Å²) in [5.41, 5.74) is 2.07. The minimum absolute atomic E-state index is 0.987. The van der Waals surface area contributed by atoms with Gasteiger partial charge in [-0.2, -0.15) is 0 Å². The molecule has 0 aromatic rings. The smallest absolute Gasteiger partial charge is 0.0908 e. The highest BCUT2D eigenvalue weighted by molar-refractivity contribution is 5.77. The summed E-state index contributed by atoms with van der Waals surface area (Å²) in [6.45, 7) is 0. The Morgan fingerprint density at radius 2 is 1.91 bits per heavy atom. The fraction of sp³-hybridized carbons (Fsp3) is 0. The van der Waals surface area contributed by atoms with Gasteiger partial charge in [-0.05, 0) is 24.3 Å². The van der Waals surface area contributed by atoms with Crippen LogP contribution in [-0.4, -0.2) is 6.21 Å². The van der Waals surface area contributed by atoms with Gasteiger partial charge in [-0.3, -0.25) is 4.99 Å². The quantitative estimate of drug-likeness (QED) is 0.510. The minimum Gasteiger partial charge on any atom is -0.473 e. The van der Waals surface area contributed by atoms with Gasteiger partial charge < -0.3 is 4.74 Å². The van der Waals surface area contributed by atoms with Crippen LogP contribution in [-0.2, 0) is 4.74 Å². The van der Waals surface area contributed by atoms with E-state index in [4.69, 9.17) is 4.74 Å². The molecule has 0 aromatic carbocycles. The summed E-state index contributed by atoms with van der Waals surface area (Å²) in [7, 11) is 0. The average Bonchev–Trinajstić information content (AvgIpc) is 2.58. The van der Waals surface area contributed by atoms with E-state index in [2.05, 4.69) is 4.99 Å². The maximum Gasteiger partial charge on any atom is 0.0908 e. The standard InChI is InChI=1S/C9H7NO/c1-2-9(10-5-1)8-3-6-11-7-4-8/h1-7H. The molecule has 11 heavy (non-hydrogen) atoms. The lowest BCUT2D eigenvalue weighted by atomic mass is 10.2. The summed E-state index contributed by atoms with van der Waals surface area (Å²) in [4.78, 5) is 4.14. The molecule has 0 saturated carbocycles. The van der Waals surface area contributed by atoms with Gasteiger partial charge in [0.25, 0.3) is 0 Å². The van der Waals surface area contributed by atoms with Crippen LogP contribution < -0.4 is 0 Å². The van der Waals surface area contributed by atoms with Crippen molar-refractivity contribution in [3.63, 3.8) is 0 Å². The Balaban J connectivity index is 2.38. The summed E-state index contributed by atoms with van der Waals surface area (Å²) in [5.74, 6) is 0. The van der Waals surface area contributed by atoms with Gasteiger partial charge in [-0.1, -0.05) is 0 Å². The first-order valence-corrected chi connectivity index (χ1v) is 3.40. The SMILES string of the molecule is C1=CC(=C2C=COC=C2)N=C1. The first-order chi connectivity index (χ1) is 5.47. The number of rotatable bonds is 0. The predicted molar refractivity (Wildman–Crippen MR) is 44.0 cm³/mol. The molecule has 2 aliphatic rings. The number of aliphatic imine (C=N–C) groups is 1. The van der Waals surface area contributed by atoms with Crippen LogP contribution in [0.4, 0.5) is 0 Å². The number of ether oxygens (including phenoxy) is 1. The molecule has 0 N–H and O–H groups in total. The minimum atomic E-state index is 0.987. The van der Waals surface area contributed by atoms with Gasteiger partial charge in [-0.25, -0.2) is 0 Å². The van der Waals surface area contributed by atoms with Gasteiger partial charge in [0.1, 0.15) is 0 Å². The lowest BCUT2D eigenvalue weighted by molar-refractivity contribution is 0.398. The fourth-order valence-electron chi connectivity index (χ4n) is 0.968. The highest BCUT2D eigenvalue weighted by Gasteiger charge is 2.00. The van der Waals surface area contributed by atoms with Gasteiger partial charge in [0.05, 0.1) is 18.2 Å². The van der Waals surface area contributed by atoms with Crippen molar-refractivity contribution in [1.29, 1.82) is 0 Å². The zero-order valence-electron chi connectivity index (χ0n) is 5.90. The Hall–Kier alpha value is -1.57. The molecule has 0 aromatic heterocycles. The van der Waals surface area contributed by atoms with Crippen LogP contribution in [0.15, 0.2) is 53.1 Å². The highest BCUT2D eigenvalue weighted by atomic mass is 16.5. The molecule has 0 aliphatic carbocycles. The maximum atomic E-state index is 4.89. The summed E-state index contributed by atoms with van der Waals surface area (Å²) in [5, 5.41) is 0. The van der Waals surface area contributed by atoms with Crippen molar-refractivity contribution in [2.24, 2.45) is 4.99 Å². The molecule has 2 heterocycles. The molecule has 0 atom stereocenters. The molecule has 2 aliphatic heterocycles. The molecule has 0 unspecified atom stereocenters. The number of allylic oxidation sites excluding steroid dienone is 5. The summed E-state index contributed by atoms with van der Waals surface area (Å²) in [6.07, 6.45) is 12.7. The molecule has 0 spiro atoms. The number of hydrogen-bond donors (Lipinski definition) is 0. The molecule has 0 radical (unpaired) electrons. The lowest BCUT2D eigenvalue weighted by Crippen LogP contribution is -1.83. The molecular weight excluding hydrogens is 138 g/mol. The monoisotopic (exact) mass is 145 g/mol. The first-order valence-electron chi connectivity index (χ1n) is 3.40. The third-order valence-corrected chi connectivity index (χ3v) is 1.50. The van der Waals surface area contributed by atoms with Crippen LogP contribution in [0, 0.1) is 0 Å². The molecule has 0 fully saturated rings. The Kier molecular flexibility index (Phi) is 1.44. The third-order valence-electron chi connectivity index (χ3n) is 1.50. The van der Waals surface area contributed by atoms with Crippen molar-refractivity contribution in [3.8, 4) is 0 Å². The van der Waals surface area contributed by atoms with Crippen molar-refractivity contribution in [2.45, 2.75) is 0 Å². The molecular formula is C9H7NO. The van der Waals surface area contributed by atoms with E-state index in [1.165, 1.54) is 0 Å². The molecule has 0 saturated heterocycles. The van der Waals surface area contributed by atoms with E-state index in [9.17, 15) is 0 Å². The van der Waals surface area contributed by atoms with E-state index >= 15 is 0 Å². The third kappa shape index (κ3) is 1.15. The molecule has 2 nitrogen and oxygen atoms in total. The molecule has 54 valence electrons. The van der Waals surface area contributed by atoms with Crippen molar-refractivity contribution in [3.05, 3.63) is 48.1 Å². The predicted octanol–water partition coefficient (Wildman–Crippen LogP) is 1.94. The molecule has 2 rings (SSSR count). The van der Waals surface area contributed by atoms with Crippen LogP contribution in [0.2, 0.25) is 0 Å². The van der Waals surface area contributed by atoms with Gasteiger partial charge in [0.2, 0.25) is 0 Å². The zero-order valence-corrected chi connectivity index (χ0v) is 5.90. The van der Waals surface area contributed by atoms with Gasteiger partial charge in [0, 0.05) is 11.8 Å². The van der Waals surface area contributed by atoms with Crippen molar-refractivity contribution >= 4 is 6.21 Å². The van der Waals surface area contributed by atoms with Crippen LogP contribution in [0.1, 0.15) is 0 Å². The molecule has 0 bridgehead atoms. The summed E-state index contributed by atoms with van der Waals surface area (Å²) < 4.78 is 4.89. The van der Waals surface area contributed by atoms with E-state index < -0.39 is 0 Å². The zero-order chi connectivity index (χ0) is 7.52. The average molecular weight is 145 g/mol. The van der Waals surface area contributed by atoms with Crippen molar-refractivity contribution < 1.29 is 4.74 Å². The Morgan fingerprint density at radius 1 is 1.09 bits per heavy atom. The van der Waals surface area contributed by atoms with Gasteiger partial charge in [-0.15, -0.1) is 0 Å². The summed E-state index contributed by atoms with van der Waals surface area (Å²) in [6, 6.07) is 0. The normalized spacial score (nSPS) is 19.6. The second-order valence-electron chi connectivity index (χ2n) is 2.22. The number of hydrogen-bond acceptors (Lipinski definition) is 2. The van der Waals surface area contributed by atoms with Crippen molar-refractivity contribution in [1.82, 2.24) is 0 Å². The lowest BCUT2D eigenvalue weighted by Gasteiger charge is -2.01. The Bertz CT molecular complexity index is 278. The van der Waals surface area contributed by atoms with Crippen LogP contribution in [0.3, 0.4) is 0 Å². The largest absolute Gasteiger partial charge is 0.473 e. The van der Waals surface area contributed by atoms with E-state index in [0.29, 0.717) is 0 Å². The van der Waals surface area contributed by atoms with E-state index in [-0.39, 0.29) is 0 Å². The van der Waals surface area contributed by atoms with E-state index in [1.54, 1.807) is 18.7 Å². The van der Waals surface area contributed by atoms with Gasteiger partial charge in [0.15, 0.2) is 0 Å². The topological polar surface area (TPSA) is 21.6 Å². The Labute approximate surface area is 64.9 Å².